The van der Waals surface area contributed by atoms with E-state index in [1.807, 2.05) is 6.92 Å². The molecule has 0 bridgehead atoms. The van der Waals surface area contributed by atoms with E-state index < -0.39 is 16.8 Å². The van der Waals surface area contributed by atoms with E-state index in [2.05, 4.69) is 0 Å². The first kappa shape index (κ1) is 13.6. The Morgan fingerprint density at radius 1 is 1.53 bits per heavy atom. The summed E-state index contributed by atoms with van der Waals surface area (Å²) in [6.45, 7) is 2.56. The highest BCUT2D eigenvalue weighted by Crippen LogP contribution is 2.38. The second-order valence-corrected chi connectivity index (χ2v) is 5.10. The molecular formula is C12H13ClN2O4. The van der Waals surface area contributed by atoms with Crippen molar-refractivity contribution < 1.29 is 14.8 Å². The van der Waals surface area contributed by atoms with Crippen molar-refractivity contribution in [2.24, 2.45) is 11.8 Å². The fourth-order valence-corrected chi connectivity index (χ4v) is 2.66. The van der Waals surface area contributed by atoms with Crippen LogP contribution < -0.4 is 4.90 Å². The van der Waals surface area contributed by atoms with Crippen molar-refractivity contribution in [2.45, 2.75) is 6.92 Å². The Bertz CT molecular complexity index is 534. The van der Waals surface area contributed by atoms with Gasteiger partial charge in [0, 0.05) is 13.1 Å². The molecule has 0 unspecified atom stereocenters. The molecular weight excluding hydrogens is 272 g/mol. The zero-order valence-corrected chi connectivity index (χ0v) is 11.0. The molecule has 7 heteroatoms. The number of nitro groups is 1. The third-order valence-electron chi connectivity index (χ3n) is 3.42. The molecule has 1 saturated heterocycles. The fraction of sp³-hybridized carbons (Fsp3) is 0.417. The van der Waals surface area contributed by atoms with Gasteiger partial charge in [0.15, 0.2) is 0 Å². The highest BCUT2D eigenvalue weighted by Gasteiger charge is 2.37. The van der Waals surface area contributed by atoms with E-state index in [1.165, 1.54) is 6.07 Å². The Morgan fingerprint density at radius 3 is 2.74 bits per heavy atom. The van der Waals surface area contributed by atoms with Crippen LogP contribution in [0.5, 0.6) is 0 Å². The number of nitro benzene ring substituents is 1. The summed E-state index contributed by atoms with van der Waals surface area (Å²) < 4.78 is 0. The molecule has 1 heterocycles. The van der Waals surface area contributed by atoms with Gasteiger partial charge in [-0.1, -0.05) is 24.6 Å². The summed E-state index contributed by atoms with van der Waals surface area (Å²) in [6.07, 6.45) is 0. The second kappa shape index (κ2) is 5.05. The summed E-state index contributed by atoms with van der Waals surface area (Å²) >= 11 is 5.85. The molecule has 0 aromatic heterocycles. The van der Waals surface area contributed by atoms with E-state index in [0.29, 0.717) is 12.2 Å². The van der Waals surface area contributed by atoms with E-state index in [-0.39, 0.29) is 23.2 Å². The normalized spacial score (nSPS) is 22.5. The average molecular weight is 285 g/mol. The Kier molecular flexibility index (Phi) is 3.61. The molecule has 0 aliphatic carbocycles. The van der Waals surface area contributed by atoms with Gasteiger partial charge in [-0.05, 0) is 18.1 Å². The molecule has 1 aliphatic heterocycles. The number of benzene rings is 1. The molecule has 6 nitrogen and oxygen atoms in total. The van der Waals surface area contributed by atoms with Gasteiger partial charge in [0.25, 0.3) is 0 Å². The predicted octanol–water partition coefficient (Wildman–Crippen LogP) is 2.41. The maximum Gasteiger partial charge on any atom is 0.310 e. The Morgan fingerprint density at radius 2 is 2.21 bits per heavy atom. The maximum absolute atomic E-state index is 11.1. The highest BCUT2D eigenvalue weighted by molar-refractivity contribution is 6.33. The van der Waals surface area contributed by atoms with Crippen molar-refractivity contribution in [3.63, 3.8) is 0 Å². The lowest BCUT2D eigenvalue weighted by molar-refractivity contribution is -0.384. The summed E-state index contributed by atoms with van der Waals surface area (Å²) in [5.41, 5.74) is 0.218. The minimum absolute atomic E-state index is 0.0592. The number of anilines is 1. The molecule has 1 aromatic rings. The van der Waals surface area contributed by atoms with Crippen molar-refractivity contribution >= 4 is 28.9 Å². The number of aliphatic carboxylic acids is 1. The number of rotatable bonds is 3. The van der Waals surface area contributed by atoms with Gasteiger partial charge in [0.2, 0.25) is 0 Å². The molecule has 2 rings (SSSR count). The summed E-state index contributed by atoms with van der Waals surface area (Å²) in [6, 6.07) is 4.68. The predicted molar refractivity (Wildman–Crippen MR) is 70.6 cm³/mol. The number of halogens is 1. The van der Waals surface area contributed by atoms with Crippen molar-refractivity contribution in [2.75, 3.05) is 18.0 Å². The Balaban J connectivity index is 2.37. The van der Waals surface area contributed by atoms with Crippen LogP contribution in [-0.2, 0) is 4.79 Å². The van der Waals surface area contributed by atoms with E-state index >= 15 is 0 Å². The van der Waals surface area contributed by atoms with Crippen molar-refractivity contribution in [3.8, 4) is 0 Å². The number of hydrogen-bond acceptors (Lipinski definition) is 4. The standard InChI is InChI=1S/C12H13ClN2O4/c1-7-5-14(6-8(7)12(16)17)10-4-2-3-9(13)11(10)15(18)19/h2-4,7-8H,5-6H2,1H3,(H,16,17)/t7-,8-/m1/s1. The van der Waals surface area contributed by atoms with Gasteiger partial charge in [0.05, 0.1) is 10.8 Å². The maximum atomic E-state index is 11.1. The SMILES string of the molecule is C[C@@H]1CN(c2cccc(Cl)c2[N+](=O)[O-])C[C@H]1C(=O)O. The first-order valence-corrected chi connectivity index (χ1v) is 6.20. The van der Waals surface area contributed by atoms with Crippen molar-refractivity contribution in [1.29, 1.82) is 0 Å². The molecule has 19 heavy (non-hydrogen) atoms. The van der Waals surface area contributed by atoms with Gasteiger partial charge in [-0.3, -0.25) is 14.9 Å². The second-order valence-electron chi connectivity index (χ2n) is 4.69. The number of nitrogens with zero attached hydrogens (tertiary/aromatic N) is 2. The van der Waals surface area contributed by atoms with Crippen LogP contribution in [0.15, 0.2) is 18.2 Å². The minimum atomic E-state index is -0.875. The number of carboxylic acid groups (broad SMARTS) is 1. The van der Waals surface area contributed by atoms with Crippen LogP contribution in [0.2, 0.25) is 5.02 Å². The van der Waals surface area contributed by atoms with Gasteiger partial charge >= 0.3 is 11.7 Å². The molecule has 2 atom stereocenters. The molecule has 1 N–H and O–H groups in total. The van der Waals surface area contributed by atoms with Crippen LogP contribution in [0.25, 0.3) is 0 Å². The van der Waals surface area contributed by atoms with Gasteiger partial charge < -0.3 is 10.0 Å². The zero-order chi connectivity index (χ0) is 14.2. The molecule has 0 saturated carbocycles. The lowest BCUT2D eigenvalue weighted by Gasteiger charge is -2.18. The van der Waals surface area contributed by atoms with E-state index in [4.69, 9.17) is 16.7 Å². The topological polar surface area (TPSA) is 83.7 Å². The van der Waals surface area contributed by atoms with Crippen LogP contribution in [-0.4, -0.2) is 29.1 Å². The lowest BCUT2D eigenvalue weighted by atomic mass is 9.99. The van der Waals surface area contributed by atoms with E-state index in [1.54, 1.807) is 17.0 Å². The van der Waals surface area contributed by atoms with Gasteiger partial charge in [-0.2, -0.15) is 0 Å². The molecule has 1 aromatic carbocycles. The molecule has 1 aliphatic rings. The van der Waals surface area contributed by atoms with Crippen LogP contribution in [0.1, 0.15) is 6.92 Å². The largest absolute Gasteiger partial charge is 0.481 e. The smallest absolute Gasteiger partial charge is 0.310 e. The third kappa shape index (κ3) is 2.49. The van der Waals surface area contributed by atoms with Crippen molar-refractivity contribution in [1.82, 2.24) is 0 Å². The highest BCUT2D eigenvalue weighted by atomic mass is 35.5. The first-order valence-electron chi connectivity index (χ1n) is 5.82. The molecule has 0 spiro atoms. The van der Waals surface area contributed by atoms with Crippen molar-refractivity contribution in [3.05, 3.63) is 33.3 Å². The number of carbonyl (C=O) groups is 1. The third-order valence-corrected chi connectivity index (χ3v) is 3.72. The Hall–Kier alpha value is -1.82. The monoisotopic (exact) mass is 284 g/mol. The summed E-state index contributed by atoms with van der Waals surface area (Å²) in [5.74, 6) is -1.45. The van der Waals surface area contributed by atoms with E-state index in [9.17, 15) is 14.9 Å². The first-order chi connectivity index (χ1) is 8.91. The number of hydrogen-bond donors (Lipinski definition) is 1. The summed E-state index contributed by atoms with van der Waals surface area (Å²) in [5, 5.41) is 20.2. The molecule has 0 amide bonds. The van der Waals surface area contributed by atoms with Crippen LogP contribution in [0, 0.1) is 22.0 Å². The van der Waals surface area contributed by atoms with Crippen LogP contribution >= 0.6 is 11.6 Å². The summed E-state index contributed by atoms with van der Waals surface area (Å²) in [7, 11) is 0. The molecule has 102 valence electrons. The lowest BCUT2D eigenvalue weighted by Crippen LogP contribution is -2.23. The Labute approximate surface area is 114 Å². The number of para-hydroxylation sites is 1. The van der Waals surface area contributed by atoms with Crippen LogP contribution in [0.3, 0.4) is 0 Å². The van der Waals surface area contributed by atoms with Gasteiger partial charge in [-0.15, -0.1) is 0 Å². The average Bonchev–Trinajstić information content (AvgIpc) is 2.70. The van der Waals surface area contributed by atoms with Crippen LogP contribution in [0.4, 0.5) is 11.4 Å². The quantitative estimate of drug-likeness (QED) is 0.680. The minimum Gasteiger partial charge on any atom is -0.481 e. The zero-order valence-electron chi connectivity index (χ0n) is 10.2. The fourth-order valence-electron chi connectivity index (χ4n) is 2.42. The molecule has 0 radical (unpaired) electrons. The van der Waals surface area contributed by atoms with Gasteiger partial charge in [-0.25, -0.2) is 0 Å². The molecule has 1 fully saturated rings. The number of carboxylic acids is 1. The van der Waals surface area contributed by atoms with E-state index in [0.717, 1.165) is 0 Å². The van der Waals surface area contributed by atoms with Gasteiger partial charge in [0.1, 0.15) is 10.7 Å². The summed E-state index contributed by atoms with van der Waals surface area (Å²) in [4.78, 5) is 23.3.